The Balaban J connectivity index is 1.52. The first-order valence-electron chi connectivity index (χ1n) is 8.03. The summed E-state index contributed by atoms with van der Waals surface area (Å²) in [5, 5.41) is 0. The van der Waals surface area contributed by atoms with Gasteiger partial charge in [0.05, 0.1) is 6.33 Å². The first-order chi connectivity index (χ1) is 10.2. The third-order valence-corrected chi connectivity index (χ3v) is 4.88. The largest absolute Gasteiger partial charge is 0.342 e. The average molecular weight is 289 g/mol. The van der Waals surface area contributed by atoms with Crippen molar-refractivity contribution in [2.24, 2.45) is 11.8 Å². The summed E-state index contributed by atoms with van der Waals surface area (Å²) in [5.74, 6) is 1.12. The summed E-state index contributed by atoms with van der Waals surface area (Å²) >= 11 is 0. The molecule has 0 atom stereocenters. The van der Waals surface area contributed by atoms with Crippen LogP contribution in [0.1, 0.15) is 38.5 Å². The van der Waals surface area contributed by atoms with Gasteiger partial charge in [0, 0.05) is 37.8 Å². The van der Waals surface area contributed by atoms with E-state index in [2.05, 4.69) is 4.98 Å². The van der Waals surface area contributed by atoms with Crippen molar-refractivity contribution in [1.29, 1.82) is 0 Å². The molecule has 1 aliphatic heterocycles. The second-order valence-corrected chi connectivity index (χ2v) is 6.32. The fourth-order valence-electron chi connectivity index (χ4n) is 3.56. The first-order valence-corrected chi connectivity index (χ1v) is 8.03. The Labute approximate surface area is 125 Å². The van der Waals surface area contributed by atoms with Crippen molar-refractivity contribution in [3.8, 4) is 0 Å². The van der Waals surface area contributed by atoms with Gasteiger partial charge in [-0.1, -0.05) is 12.8 Å². The number of carbonyl (C=O) groups excluding carboxylic acids is 1. The van der Waals surface area contributed by atoms with Gasteiger partial charge in [-0.25, -0.2) is 4.98 Å². The Bertz CT molecular complexity index is 540. The summed E-state index contributed by atoms with van der Waals surface area (Å²) in [4.78, 5) is 30.1. The van der Waals surface area contributed by atoms with E-state index in [1.807, 2.05) is 4.90 Å². The molecule has 1 amide bonds. The molecule has 114 valence electrons. The minimum absolute atomic E-state index is 0.00876. The van der Waals surface area contributed by atoms with Crippen molar-refractivity contribution >= 4 is 5.91 Å². The summed E-state index contributed by atoms with van der Waals surface area (Å²) in [6.45, 7) is 2.40. The minimum atomic E-state index is 0.00876. The van der Waals surface area contributed by atoms with E-state index in [4.69, 9.17) is 0 Å². The van der Waals surface area contributed by atoms with Gasteiger partial charge < -0.3 is 4.90 Å². The average Bonchev–Trinajstić information content (AvgIpc) is 3.04. The molecule has 1 aromatic heterocycles. The monoisotopic (exact) mass is 289 g/mol. The van der Waals surface area contributed by atoms with E-state index < -0.39 is 0 Å². The highest BCUT2D eigenvalue weighted by molar-refractivity contribution is 5.79. The van der Waals surface area contributed by atoms with Crippen LogP contribution in [0, 0.1) is 11.8 Å². The van der Waals surface area contributed by atoms with Gasteiger partial charge in [-0.3, -0.25) is 14.2 Å². The molecule has 3 rings (SSSR count). The normalized spacial score (nSPS) is 20.9. The number of likely N-dealkylation sites (tertiary alicyclic amines) is 1. The van der Waals surface area contributed by atoms with Crippen molar-refractivity contribution < 1.29 is 4.79 Å². The third-order valence-electron chi connectivity index (χ3n) is 4.88. The summed E-state index contributed by atoms with van der Waals surface area (Å²) in [6, 6.07) is 1.50. The van der Waals surface area contributed by atoms with E-state index >= 15 is 0 Å². The molecule has 1 aliphatic carbocycles. The Morgan fingerprint density at radius 2 is 1.90 bits per heavy atom. The number of piperidine rings is 1. The summed E-state index contributed by atoms with van der Waals surface area (Å²) in [7, 11) is 0. The second kappa shape index (κ2) is 6.41. The zero-order chi connectivity index (χ0) is 14.7. The van der Waals surface area contributed by atoms with E-state index in [0.29, 0.717) is 11.8 Å². The predicted octanol–water partition coefficient (Wildman–Crippen LogP) is 1.67. The molecule has 1 aromatic rings. The van der Waals surface area contributed by atoms with Crippen molar-refractivity contribution in [3.63, 3.8) is 0 Å². The lowest BCUT2D eigenvalue weighted by atomic mass is 9.95. The number of amides is 1. The molecule has 0 bridgehead atoms. The summed E-state index contributed by atoms with van der Waals surface area (Å²) in [6.07, 6.45) is 9.67. The number of aromatic nitrogens is 2. The first kappa shape index (κ1) is 14.3. The lowest BCUT2D eigenvalue weighted by Crippen LogP contribution is -2.42. The van der Waals surface area contributed by atoms with Crippen LogP contribution in [0.3, 0.4) is 0 Å². The second-order valence-electron chi connectivity index (χ2n) is 6.32. The molecular weight excluding hydrogens is 266 g/mol. The van der Waals surface area contributed by atoms with Crippen LogP contribution >= 0.6 is 0 Å². The third kappa shape index (κ3) is 3.34. The van der Waals surface area contributed by atoms with E-state index in [1.54, 1.807) is 10.9 Å². The molecule has 2 fully saturated rings. The fraction of sp³-hybridized carbons (Fsp3) is 0.688. The molecule has 0 unspecified atom stereocenters. The SMILES string of the molecule is O=C(C1CCCC1)N1CCC(Cn2cnccc2=O)CC1. The van der Waals surface area contributed by atoms with Gasteiger partial charge in [0.15, 0.2) is 0 Å². The van der Waals surface area contributed by atoms with E-state index in [9.17, 15) is 9.59 Å². The Morgan fingerprint density at radius 1 is 1.19 bits per heavy atom. The van der Waals surface area contributed by atoms with Crippen molar-refractivity contribution in [1.82, 2.24) is 14.5 Å². The Kier molecular flexibility index (Phi) is 4.36. The number of nitrogens with zero attached hydrogens (tertiary/aromatic N) is 3. The maximum atomic E-state index is 12.4. The van der Waals surface area contributed by atoms with Crippen LogP contribution in [0.15, 0.2) is 23.4 Å². The van der Waals surface area contributed by atoms with Crippen LogP contribution < -0.4 is 5.56 Å². The van der Waals surface area contributed by atoms with E-state index in [1.165, 1.54) is 25.1 Å². The van der Waals surface area contributed by atoms with Gasteiger partial charge in [0.25, 0.3) is 5.56 Å². The van der Waals surface area contributed by atoms with Crippen LogP contribution in [0.4, 0.5) is 0 Å². The number of carbonyl (C=O) groups is 1. The van der Waals surface area contributed by atoms with Crippen molar-refractivity contribution in [2.45, 2.75) is 45.1 Å². The highest BCUT2D eigenvalue weighted by atomic mass is 16.2. The van der Waals surface area contributed by atoms with Gasteiger partial charge in [0.1, 0.15) is 0 Å². The van der Waals surface area contributed by atoms with E-state index in [0.717, 1.165) is 45.3 Å². The minimum Gasteiger partial charge on any atom is -0.342 e. The van der Waals surface area contributed by atoms with Gasteiger partial charge >= 0.3 is 0 Å². The van der Waals surface area contributed by atoms with Crippen LogP contribution in [-0.4, -0.2) is 33.4 Å². The number of rotatable bonds is 3. The topological polar surface area (TPSA) is 55.2 Å². The molecule has 0 aromatic carbocycles. The lowest BCUT2D eigenvalue weighted by molar-refractivity contribution is -0.136. The predicted molar refractivity (Wildman–Crippen MR) is 79.8 cm³/mol. The smallest absolute Gasteiger partial charge is 0.253 e. The molecule has 1 saturated carbocycles. The Morgan fingerprint density at radius 3 is 2.57 bits per heavy atom. The molecule has 0 spiro atoms. The molecule has 0 N–H and O–H groups in total. The van der Waals surface area contributed by atoms with Gasteiger partial charge in [-0.15, -0.1) is 0 Å². The van der Waals surface area contributed by atoms with Crippen LogP contribution in [0.2, 0.25) is 0 Å². The molecular formula is C16H23N3O2. The van der Waals surface area contributed by atoms with E-state index in [-0.39, 0.29) is 11.5 Å². The van der Waals surface area contributed by atoms with Crippen LogP contribution in [0.5, 0.6) is 0 Å². The number of hydrogen-bond donors (Lipinski definition) is 0. The molecule has 5 heteroatoms. The lowest BCUT2D eigenvalue weighted by Gasteiger charge is -2.33. The van der Waals surface area contributed by atoms with Crippen molar-refractivity contribution in [2.75, 3.05) is 13.1 Å². The molecule has 0 radical (unpaired) electrons. The number of hydrogen-bond acceptors (Lipinski definition) is 3. The highest BCUT2D eigenvalue weighted by Crippen LogP contribution is 2.28. The van der Waals surface area contributed by atoms with Crippen molar-refractivity contribution in [3.05, 3.63) is 28.9 Å². The summed E-state index contributed by atoms with van der Waals surface area (Å²) < 4.78 is 1.68. The maximum Gasteiger partial charge on any atom is 0.253 e. The quantitative estimate of drug-likeness (QED) is 0.850. The van der Waals surface area contributed by atoms with Gasteiger partial charge in [0.2, 0.25) is 5.91 Å². The van der Waals surface area contributed by atoms with Gasteiger partial charge in [-0.05, 0) is 31.6 Å². The highest BCUT2D eigenvalue weighted by Gasteiger charge is 2.30. The standard InChI is InChI=1S/C16H23N3O2/c20-15-5-8-17-12-19(15)11-13-6-9-18(10-7-13)16(21)14-3-1-2-4-14/h5,8,12-14H,1-4,6-7,9-11H2. The van der Waals surface area contributed by atoms with Crippen LogP contribution in [-0.2, 0) is 11.3 Å². The Hall–Kier alpha value is -1.65. The molecule has 21 heavy (non-hydrogen) atoms. The fourth-order valence-corrected chi connectivity index (χ4v) is 3.56. The molecule has 2 heterocycles. The molecule has 5 nitrogen and oxygen atoms in total. The van der Waals surface area contributed by atoms with Crippen LogP contribution in [0.25, 0.3) is 0 Å². The zero-order valence-corrected chi connectivity index (χ0v) is 12.4. The maximum absolute atomic E-state index is 12.4. The van der Waals surface area contributed by atoms with Gasteiger partial charge in [-0.2, -0.15) is 0 Å². The zero-order valence-electron chi connectivity index (χ0n) is 12.4. The molecule has 2 aliphatic rings. The summed E-state index contributed by atoms with van der Waals surface area (Å²) in [5.41, 5.74) is 0.00876. The molecule has 1 saturated heterocycles.